The van der Waals surface area contributed by atoms with Gasteiger partial charge in [-0.3, -0.25) is 23.9 Å². The number of fused-ring (bicyclic) bond motifs is 10. The molecule has 5 aromatic heterocycles. The van der Waals surface area contributed by atoms with E-state index in [-0.39, 0.29) is 97.9 Å². The molecule has 0 bridgehead atoms. The molecule has 0 radical (unpaired) electrons. The van der Waals surface area contributed by atoms with Gasteiger partial charge >= 0.3 is 0 Å². The molecule has 0 unspecified atom stereocenters. The van der Waals surface area contributed by atoms with Gasteiger partial charge in [-0.05, 0) is 141 Å². The lowest BCUT2D eigenvalue weighted by Gasteiger charge is -2.11. The van der Waals surface area contributed by atoms with E-state index in [2.05, 4.69) is 94.1 Å². The molecular weight excluding hydrogens is 1610 g/mol. The first-order valence-corrected chi connectivity index (χ1v) is 43.1. The number of para-hydroxylation sites is 10. The largest absolute Gasteiger partial charge is 0.324 e. The fraction of sp³-hybridized carbons (Fsp3) is 0.237. The van der Waals surface area contributed by atoms with Gasteiger partial charge in [0.15, 0.2) is 27.6 Å². The van der Waals surface area contributed by atoms with Crippen molar-refractivity contribution in [1.29, 1.82) is 0 Å². The van der Waals surface area contributed by atoms with E-state index in [9.17, 15) is 55.6 Å². The number of sulfonamides is 1. The molecular formula is C97H98F2N15O10S+5. The van der Waals surface area contributed by atoms with Crippen LogP contribution in [0.5, 0.6) is 0 Å². The van der Waals surface area contributed by atoms with E-state index in [1.165, 1.54) is 57.5 Å². The average molecular weight is 1700 g/mol. The Labute approximate surface area is 720 Å². The van der Waals surface area contributed by atoms with Gasteiger partial charge in [0, 0.05) is 130 Å². The van der Waals surface area contributed by atoms with Crippen molar-refractivity contribution in [3.8, 4) is 5.69 Å². The number of ketones is 4. The Bertz CT molecular complexity index is 6900. The molecule has 5 N–H and O–H groups in total. The number of halogens is 2. The van der Waals surface area contributed by atoms with E-state index in [4.69, 9.17) is 15.0 Å². The first-order valence-electron chi connectivity index (χ1n) is 41.2. The van der Waals surface area contributed by atoms with Crippen LogP contribution in [0.4, 0.5) is 37.2 Å². The Balaban J connectivity index is 0.000000143. The van der Waals surface area contributed by atoms with Crippen LogP contribution >= 0.6 is 0 Å². The van der Waals surface area contributed by atoms with Crippen molar-refractivity contribution in [2.45, 2.75) is 147 Å². The van der Waals surface area contributed by atoms with Crippen LogP contribution in [0.25, 0.3) is 116 Å². The number of nitrogens with one attached hydrogen (secondary N) is 5. The highest BCUT2D eigenvalue weighted by Crippen LogP contribution is 2.31. The molecule has 28 heteroatoms. The summed E-state index contributed by atoms with van der Waals surface area (Å²) in [6.45, 7) is 20.9. The molecule has 25 nitrogen and oxygen atoms in total. The molecule has 16 aromatic rings. The summed E-state index contributed by atoms with van der Waals surface area (Å²) < 4.78 is 63.8. The summed E-state index contributed by atoms with van der Waals surface area (Å²) in [7, 11) is -3.34. The van der Waals surface area contributed by atoms with Crippen molar-refractivity contribution in [2.75, 3.05) is 32.2 Å². The van der Waals surface area contributed by atoms with E-state index >= 15 is 0 Å². The van der Waals surface area contributed by atoms with Crippen LogP contribution in [0, 0.1) is 25.5 Å². The Morgan fingerprint density at radius 3 is 1.09 bits per heavy atom. The minimum Gasteiger partial charge on any atom is -0.324 e. The maximum absolute atomic E-state index is 14.1. The average Bonchev–Trinajstić information content (AvgIpc) is 0.771. The standard InChI is InChI=1S/C23H19N3O2.C21H23N3O2.C19H17F2N3O2.C19H19N3O2.C15H15N3O2S/c1-16(27)14-15-22(28)24-19-11-7-13-21-23(19)25-18-10-5-6-12-20(18)26(21)17-8-3-2-4-9-17;1-5-24-18-11-13(2)6-8-16(18)23-21-17(10-14(3)12-19(21)24)22-20(26)9-7-15(4)25;1-3-24-16-9-12(20)5-6-14(16)23-19-15(8-13(21)10-17(19)24)22-18(26)7-4-11(2)25;1-3-22-16-9-5-4-7-14(16)21-19-15(8-6-10-17(19)22)20-18(24)12-11-13(2)23;1-3-18-13-9-5-4-7-11(13)16-15-12(17-21(2,19)20)8-6-10-14(15)18/h2-13H,14-15H2,1H3;6,8,10-12H,5,7,9H2,1-4H3;5-6,8-10H,3-4,7H2,1-2H3;4-10H,3,11-12H2,1-2H3;4-10H,3H2,1-2H3/p+5. The third kappa shape index (κ3) is 22.1. The van der Waals surface area contributed by atoms with Crippen LogP contribution in [0.15, 0.2) is 218 Å². The number of aromatic nitrogens is 10. The van der Waals surface area contributed by atoms with Crippen LogP contribution in [-0.4, -0.2) is 86.4 Å². The lowest BCUT2D eigenvalue weighted by molar-refractivity contribution is -0.642. The summed E-state index contributed by atoms with van der Waals surface area (Å²) in [5.41, 5.74) is 22.2. The molecule has 0 aliphatic carbocycles. The molecule has 0 aliphatic heterocycles. The van der Waals surface area contributed by atoms with Gasteiger partial charge in [0.05, 0.1) is 34.7 Å². The van der Waals surface area contributed by atoms with Crippen LogP contribution in [-0.2, 0) is 74.6 Å². The second kappa shape index (κ2) is 40.5. The summed E-state index contributed by atoms with van der Waals surface area (Å²) in [5.74, 6) is -1.95. The van der Waals surface area contributed by atoms with Gasteiger partial charge < -0.3 is 40.4 Å². The normalized spacial score (nSPS) is 11.1. The first-order chi connectivity index (χ1) is 60.0. The van der Waals surface area contributed by atoms with Gasteiger partial charge in [0.2, 0.25) is 94.5 Å². The van der Waals surface area contributed by atoms with Crippen molar-refractivity contribution in [2.24, 2.45) is 0 Å². The summed E-state index contributed by atoms with van der Waals surface area (Å²) in [5, 5.41) is 11.4. The molecule has 636 valence electrons. The van der Waals surface area contributed by atoms with E-state index in [1.807, 2.05) is 184 Å². The van der Waals surface area contributed by atoms with E-state index < -0.39 is 27.6 Å². The zero-order valence-corrected chi connectivity index (χ0v) is 72.3. The van der Waals surface area contributed by atoms with Crippen LogP contribution < -0.4 is 48.8 Å². The summed E-state index contributed by atoms with van der Waals surface area (Å²) in [6.07, 6.45) is 2.54. The van der Waals surface area contributed by atoms with Crippen LogP contribution in [0.2, 0.25) is 0 Å². The molecule has 0 spiro atoms. The number of hydrogen-bond donors (Lipinski definition) is 5. The van der Waals surface area contributed by atoms with Gasteiger partial charge in [-0.1, -0.05) is 78.9 Å². The van der Waals surface area contributed by atoms with Gasteiger partial charge in [-0.15, -0.1) is 4.57 Å². The SMILES string of the molecule is CC(=O)CCC(=O)Nc1cccc2c1nc1ccccc1[n+]2-c1ccccc1.CC[n+]1c2cc(C)ccc2nc2c(NC(=O)CCC(C)=O)cc(C)cc21.CC[n+]1c2cc(F)ccc2nc2c(NC(=O)CCC(C)=O)cc(F)cc21.CC[n+]1c2ccccc2nc2c(NC(=O)CCC(C)=O)cccc21.CC[n+]1c2ccccc2nc2c(NS(C)(=O)=O)cccc21. The predicted molar refractivity (Wildman–Crippen MR) is 483 cm³/mol. The maximum Gasteiger partial charge on any atom is 0.239 e. The second-order valence-corrected chi connectivity index (χ2v) is 31.9. The molecule has 0 fully saturated rings. The number of carbonyl (C=O) groups is 8. The smallest absolute Gasteiger partial charge is 0.239 e. The number of amides is 4. The highest BCUT2D eigenvalue weighted by molar-refractivity contribution is 7.92. The fourth-order valence-corrected chi connectivity index (χ4v) is 15.3. The molecule has 0 saturated carbocycles. The Kier molecular flexibility index (Phi) is 29.1. The Morgan fingerprint density at radius 2 is 0.632 bits per heavy atom. The zero-order valence-electron chi connectivity index (χ0n) is 71.5. The molecule has 4 amide bonds. The number of Topliss-reactive ketones (excluding diaryl/α,β-unsaturated/α-hetero) is 4. The third-order valence-corrected chi connectivity index (χ3v) is 21.1. The number of anilines is 5. The molecule has 0 atom stereocenters. The summed E-state index contributed by atoms with van der Waals surface area (Å²) >= 11 is 0. The lowest BCUT2D eigenvalue weighted by Crippen LogP contribution is -2.35. The molecule has 11 aromatic carbocycles. The zero-order chi connectivity index (χ0) is 89.3. The minimum absolute atomic E-state index is 0.000826. The van der Waals surface area contributed by atoms with Crippen LogP contribution in [0.3, 0.4) is 0 Å². The number of aryl methyl sites for hydroxylation is 6. The van der Waals surface area contributed by atoms with Crippen molar-refractivity contribution < 1.29 is 78.4 Å². The maximum atomic E-state index is 14.1. The van der Waals surface area contributed by atoms with E-state index in [1.54, 1.807) is 16.7 Å². The predicted octanol–water partition coefficient (Wildman–Crippen LogP) is 15.9. The van der Waals surface area contributed by atoms with Gasteiger partial charge in [0.1, 0.15) is 88.5 Å². The number of carbonyl (C=O) groups excluding carboxylic acids is 8. The first kappa shape index (κ1) is 89.8. The lowest BCUT2D eigenvalue weighted by atomic mass is 10.1. The number of nitrogens with zero attached hydrogens (tertiary/aromatic N) is 10. The summed E-state index contributed by atoms with van der Waals surface area (Å²) in [4.78, 5) is 117. The van der Waals surface area contributed by atoms with E-state index in [0.717, 1.165) is 114 Å². The summed E-state index contributed by atoms with van der Waals surface area (Å²) in [6, 6.07) is 67.7. The van der Waals surface area contributed by atoms with Crippen molar-refractivity contribution in [1.82, 2.24) is 24.9 Å². The molecule has 0 aliphatic rings. The van der Waals surface area contributed by atoms with Gasteiger partial charge in [-0.25, -0.2) is 42.1 Å². The number of benzene rings is 11. The molecule has 5 heterocycles. The van der Waals surface area contributed by atoms with Gasteiger partial charge in [0.25, 0.3) is 0 Å². The monoisotopic (exact) mass is 1700 g/mol. The molecule has 16 rings (SSSR count). The topological polar surface area (TPSA) is 315 Å². The Morgan fingerprint density at radius 1 is 0.304 bits per heavy atom. The van der Waals surface area contributed by atoms with Crippen molar-refractivity contribution in [3.05, 3.63) is 241 Å². The van der Waals surface area contributed by atoms with Crippen molar-refractivity contribution in [3.63, 3.8) is 0 Å². The highest BCUT2D eigenvalue weighted by atomic mass is 32.2. The minimum atomic E-state index is -3.34. The number of hydrogen-bond acceptors (Lipinski definition) is 15. The van der Waals surface area contributed by atoms with Crippen molar-refractivity contribution >= 4 is 196 Å². The van der Waals surface area contributed by atoms with Gasteiger partial charge in [-0.2, -0.15) is 18.3 Å². The molecule has 0 saturated heterocycles. The quantitative estimate of drug-likeness (QED) is 0.0294. The third-order valence-electron chi connectivity index (χ3n) is 20.5. The second-order valence-electron chi connectivity index (χ2n) is 30.2. The van der Waals surface area contributed by atoms with E-state index in [0.29, 0.717) is 62.4 Å². The Hall–Kier alpha value is -14.4. The molecule has 125 heavy (non-hydrogen) atoms. The fourth-order valence-electron chi connectivity index (χ4n) is 14.8. The highest BCUT2D eigenvalue weighted by Gasteiger charge is 2.27. The number of rotatable bonds is 23. The van der Waals surface area contributed by atoms with Crippen LogP contribution in [0.1, 0.15) is 118 Å².